The third-order valence-corrected chi connectivity index (χ3v) is 2.98. The van der Waals surface area contributed by atoms with Crippen molar-refractivity contribution in [3.8, 4) is 0 Å². The van der Waals surface area contributed by atoms with Gasteiger partial charge in [0.15, 0.2) is 11.9 Å². The van der Waals surface area contributed by atoms with Gasteiger partial charge in [0.05, 0.1) is 5.69 Å². The minimum absolute atomic E-state index is 0. The first-order chi connectivity index (χ1) is 9.29. The smallest absolute Gasteiger partial charge is 0.181 e. The summed E-state index contributed by atoms with van der Waals surface area (Å²) in [5.74, 6) is -0.0716. The Kier molecular flexibility index (Phi) is 7.22. The molecule has 0 fully saturated rings. The lowest BCUT2D eigenvalue weighted by Gasteiger charge is -2.09. The van der Waals surface area contributed by atoms with Gasteiger partial charge in [0, 0.05) is 18.6 Å². The van der Waals surface area contributed by atoms with E-state index in [9.17, 15) is 5.11 Å². The van der Waals surface area contributed by atoms with Crippen molar-refractivity contribution < 1.29 is 9.67 Å². The molecular weight excluding hydrogens is 363 g/mol. The van der Waals surface area contributed by atoms with Crippen LogP contribution in [-0.2, 0) is 13.0 Å². The lowest BCUT2D eigenvalue weighted by molar-refractivity contribution is -0.700. The summed E-state index contributed by atoms with van der Waals surface area (Å²) in [5.41, 5.74) is 1.89. The van der Waals surface area contributed by atoms with E-state index in [0.717, 1.165) is 18.7 Å². The van der Waals surface area contributed by atoms with E-state index in [4.69, 9.17) is 0 Å². The average Bonchev–Trinajstić information content (AvgIpc) is 2.46. The first-order valence-corrected chi connectivity index (χ1v) is 6.56. The standard InChI is InChI=1S/C16H18N2O.HI/c1-2-18-13-7-6-10-15(18)11-12-16(19)17-14-8-4-3-5-9-14;/h3-10,13H,2,11-12H2,1H3;1H. The maximum atomic E-state index is 11.8. The summed E-state index contributed by atoms with van der Waals surface area (Å²) >= 11 is 0. The highest BCUT2D eigenvalue weighted by Gasteiger charge is 2.06. The normalized spacial score (nSPS) is 10.9. The maximum Gasteiger partial charge on any atom is 0.181 e. The summed E-state index contributed by atoms with van der Waals surface area (Å²) in [6.07, 6.45) is 3.21. The fraction of sp³-hybridized carbons (Fsp3) is 0.250. The van der Waals surface area contributed by atoms with Crippen molar-refractivity contribution in [3.05, 3.63) is 60.4 Å². The Morgan fingerprint density at radius 2 is 1.80 bits per heavy atom. The van der Waals surface area contributed by atoms with Crippen LogP contribution in [0.25, 0.3) is 0 Å². The lowest BCUT2D eigenvalue weighted by Crippen LogP contribution is -2.37. The second-order valence-electron chi connectivity index (χ2n) is 4.32. The molecule has 0 saturated carbocycles. The molecule has 0 N–H and O–H groups in total. The van der Waals surface area contributed by atoms with Gasteiger partial charge in [0.25, 0.3) is 0 Å². The van der Waals surface area contributed by atoms with E-state index in [-0.39, 0.29) is 29.9 Å². The number of hydrogen-bond donors (Lipinski definition) is 0. The molecule has 0 saturated heterocycles. The Morgan fingerprint density at radius 3 is 2.50 bits per heavy atom. The predicted molar refractivity (Wildman–Crippen MR) is 89.6 cm³/mol. The van der Waals surface area contributed by atoms with Gasteiger partial charge >= 0.3 is 0 Å². The van der Waals surface area contributed by atoms with Gasteiger partial charge in [-0.1, -0.05) is 24.3 Å². The Balaban J connectivity index is 0.00000200. The van der Waals surface area contributed by atoms with E-state index in [0.29, 0.717) is 6.42 Å². The Hall–Kier alpha value is -1.43. The molecule has 0 unspecified atom stereocenters. The summed E-state index contributed by atoms with van der Waals surface area (Å²) in [4.78, 5) is 4.08. The molecule has 1 heterocycles. The molecule has 0 radical (unpaired) electrons. The number of aliphatic imine (C=N–C) groups is 1. The van der Waals surface area contributed by atoms with Crippen LogP contribution in [0.3, 0.4) is 0 Å². The molecule has 1 aromatic carbocycles. The second-order valence-corrected chi connectivity index (χ2v) is 4.32. The highest BCUT2D eigenvalue weighted by Crippen LogP contribution is 2.10. The van der Waals surface area contributed by atoms with Crippen LogP contribution < -0.4 is 9.67 Å². The zero-order chi connectivity index (χ0) is 13.5. The van der Waals surface area contributed by atoms with Gasteiger partial charge in [-0.25, -0.2) is 4.57 Å². The minimum Gasteiger partial charge on any atom is -0.862 e. The molecule has 3 nitrogen and oxygen atoms in total. The van der Waals surface area contributed by atoms with E-state index in [1.165, 1.54) is 5.69 Å². The molecule has 20 heavy (non-hydrogen) atoms. The summed E-state index contributed by atoms with van der Waals surface area (Å²) in [5, 5.41) is 11.8. The topological polar surface area (TPSA) is 39.3 Å². The van der Waals surface area contributed by atoms with Crippen LogP contribution in [-0.4, -0.2) is 5.90 Å². The summed E-state index contributed by atoms with van der Waals surface area (Å²) in [7, 11) is 0. The van der Waals surface area contributed by atoms with E-state index in [1.807, 2.05) is 48.7 Å². The Bertz CT molecular complexity index is 555. The second kappa shape index (κ2) is 8.68. The van der Waals surface area contributed by atoms with Gasteiger partial charge in [0.2, 0.25) is 0 Å². The van der Waals surface area contributed by atoms with Crippen molar-refractivity contribution in [1.82, 2.24) is 0 Å². The molecule has 1 aromatic heterocycles. The number of nitrogens with zero attached hydrogens (tertiary/aromatic N) is 2. The molecule has 0 aliphatic rings. The highest BCUT2D eigenvalue weighted by atomic mass is 127. The quantitative estimate of drug-likeness (QED) is 0.339. The SMILES string of the molecule is CC[n+]1ccccc1CCC([O-])=Nc1ccccc1.I. The number of aryl methyl sites for hydroxylation is 2. The average molecular weight is 382 g/mol. The van der Waals surface area contributed by atoms with Crippen LogP contribution in [0.15, 0.2) is 59.7 Å². The zero-order valence-corrected chi connectivity index (χ0v) is 13.9. The summed E-state index contributed by atoms with van der Waals surface area (Å²) in [6, 6.07) is 15.4. The predicted octanol–water partition coefficient (Wildman–Crippen LogP) is 2.64. The Morgan fingerprint density at radius 1 is 1.10 bits per heavy atom. The molecule has 4 heteroatoms. The molecule has 2 rings (SSSR count). The zero-order valence-electron chi connectivity index (χ0n) is 11.5. The lowest BCUT2D eigenvalue weighted by atomic mass is 10.2. The molecular formula is C16H19IN2O. The molecule has 0 spiro atoms. The number of aromatic nitrogens is 1. The number of para-hydroxylation sites is 1. The first kappa shape index (κ1) is 16.6. The molecule has 0 aliphatic heterocycles. The largest absolute Gasteiger partial charge is 0.862 e. The van der Waals surface area contributed by atoms with Crippen LogP contribution in [0.5, 0.6) is 0 Å². The van der Waals surface area contributed by atoms with Crippen molar-refractivity contribution in [2.24, 2.45) is 4.99 Å². The van der Waals surface area contributed by atoms with Gasteiger partial charge in [-0.3, -0.25) is 4.99 Å². The van der Waals surface area contributed by atoms with Gasteiger partial charge in [-0.15, -0.1) is 24.0 Å². The summed E-state index contributed by atoms with van der Waals surface area (Å²) in [6.45, 7) is 3.01. The van der Waals surface area contributed by atoms with Crippen LogP contribution in [0, 0.1) is 0 Å². The van der Waals surface area contributed by atoms with Crippen molar-refractivity contribution in [1.29, 1.82) is 0 Å². The number of halogens is 1. The molecule has 0 amide bonds. The summed E-state index contributed by atoms with van der Waals surface area (Å²) < 4.78 is 2.15. The van der Waals surface area contributed by atoms with Gasteiger partial charge in [-0.05, 0) is 31.4 Å². The van der Waals surface area contributed by atoms with E-state index >= 15 is 0 Å². The molecule has 2 aromatic rings. The third-order valence-electron chi connectivity index (χ3n) is 2.98. The molecule has 106 valence electrons. The van der Waals surface area contributed by atoms with Crippen LogP contribution >= 0.6 is 24.0 Å². The molecule has 0 atom stereocenters. The minimum atomic E-state index is -0.0716. The maximum absolute atomic E-state index is 11.8. The number of benzene rings is 1. The third kappa shape index (κ3) is 4.92. The van der Waals surface area contributed by atoms with E-state index in [1.54, 1.807) is 0 Å². The van der Waals surface area contributed by atoms with Crippen molar-refractivity contribution in [2.75, 3.05) is 0 Å². The van der Waals surface area contributed by atoms with Gasteiger partial charge in [-0.2, -0.15) is 0 Å². The number of rotatable bonds is 5. The first-order valence-electron chi connectivity index (χ1n) is 6.56. The van der Waals surface area contributed by atoms with Crippen molar-refractivity contribution in [3.63, 3.8) is 0 Å². The van der Waals surface area contributed by atoms with Gasteiger partial charge < -0.3 is 5.11 Å². The van der Waals surface area contributed by atoms with Crippen LogP contribution in [0.2, 0.25) is 0 Å². The van der Waals surface area contributed by atoms with E-state index in [2.05, 4.69) is 22.5 Å². The van der Waals surface area contributed by atoms with Crippen molar-refractivity contribution >= 4 is 35.6 Å². The van der Waals surface area contributed by atoms with E-state index < -0.39 is 0 Å². The number of hydrogen-bond acceptors (Lipinski definition) is 2. The molecule has 0 bridgehead atoms. The fourth-order valence-electron chi connectivity index (χ4n) is 1.98. The van der Waals surface area contributed by atoms with Gasteiger partial charge in [0.1, 0.15) is 6.54 Å². The highest BCUT2D eigenvalue weighted by molar-refractivity contribution is 14.0. The fourth-order valence-corrected chi connectivity index (χ4v) is 1.98. The van der Waals surface area contributed by atoms with Crippen LogP contribution in [0.4, 0.5) is 5.69 Å². The van der Waals surface area contributed by atoms with Crippen LogP contribution in [0.1, 0.15) is 19.0 Å². The monoisotopic (exact) mass is 382 g/mol. The Labute approximate surface area is 137 Å². The van der Waals surface area contributed by atoms with Crippen molar-refractivity contribution in [2.45, 2.75) is 26.3 Å². The number of pyridine rings is 1. The molecule has 0 aliphatic carbocycles.